The second-order valence-electron chi connectivity index (χ2n) is 8.19. The van der Waals surface area contributed by atoms with Gasteiger partial charge < -0.3 is 19.7 Å². The number of nitrogens with zero attached hydrogens (tertiary/aromatic N) is 4. The van der Waals surface area contributed by atoms with Crippen molar-refractivity contribution in [1.82, 2.24) is 14.6 Å². The van der Waals surface area contributed by atoms with Crippen molar-refractivity contribution in [1.29, 1.82) is 0 Å². The minimum atomic E-state index is -2.58. The van der Waals surface area contributed by atoms with Gasteiger partial charge in [0, 0.05) is 43.2 Å². The van der Waals surface area contributed by atoms with E-state index >= 15 is 0 Å². The van der Waals surface area contributed by atoms with E-state index in [0.29, 0.717) is 30.5 Å². The first kappa shape index (κ1) is 21.9. The normalized spacial score (nSPS) is 15.4. The molecule has 1 saturated heterocycles. The average molecular weight is 466 g/mol. The Morgan fingerprint density at radius 1 is 0.941 bits per heavy atom. The maximum Gasteiger partial charge on any atom is 0.251 e. The van der Waals surface area contributed by atoms with Crippen LogP contribution in [-0.4, -0.2) is 47.8 Å². The van der Waals surface area contributed by atoms with Gasteiger partial charge in [-0.15, -0.1) is 5.10 Å². The van der Waals surface area contributed by atoms with Crippen molar-refractivity contribution in [2.24, 2.45) is 0 Å². The van der Waals surface area contributed by atoms with E-state index in [0.717, 1.165) is 28.2 Å². The second-order valence-corrected chi connectivity index (χ2v) is 8.19. The molecule has 7 nitrogen and oxygen atoms in total. The number of alkyl halides is 2. The molecule has 0 bridgehead atoms. The van der Waals surface area contributed by atoms with Crippen molar-refractivity contribution in [2.45, 2.75) is 18.8 Å². The van der Waals surface area contributed by atoms with E-state index in [1.165, 1.54) is 0 Å². The molecule has 2 aromatic heterocycles. The number of para-hydroxylation sites is 1. The molecule has 0 aliphatic carbocycles. The lowest BCUT2D eigenvalue weighted by Gasteiger charge is -2.33. The molecule has 5 rings (SSSR count). The Balaban J connectivity index is 1.43. The molecule has 1 fully saturated rings. The van der Waals surface area contributed by atoms with Gasteiger partial charge in [-0.1, -0.05) is 12.1 Å². The Hall–Kier alpha value is -3.88. The molecule has 0 unspecified atom stereocenters. The fourth-order valence-corrected chi connectivity index (χ4v) is 4.21. The molecule has 34 heavy (non-hydrogen) atoms. The molecule has 3 heterocycles. The first-order valence-electron chi connectivity index (χ1n) is 11.0. The number of halogens is 2. The van der Waals surface area contributed by atoms with Crippen LogP contribution < -0.4 is 19.7 Å². The molecule has 2 aromatic carbocycles. The fraction of sp³-hybridized carbons (Fsp3) is 0.280. The summed E-state index contributed by atoms with van der Waals surface area (Å²) in [6.07, 6.45) is 1.45. The number of methoxy groups -OCH3 is 2. The number of hydrogen-bond acceptors (Lipinski definition) is 6. The van der Waals surface area contributed by atoms with E-state index in [-0.39, 0.29) is 12.8 Å². The van der Waals surface area contributed by atoms with Gasteiger partial charge in [0.2, 0.25) is 5.95 Å². The summed E-state index contributed by atoms with van der Waals surface area (Å²) in [6, 6.07) is 17.3. The molecule has 1 aliphatic heterocycles. The number of hydrogen-bond donors (Lipinski definition) is 1. The lowest BCUT2D eigenvalue weighted by atomic mass is 10.1. The monoisotopic (exact) mass is 465 g/mol. The third kappa shape index (κ3) is 4.21. The lowest BCUT2D eigenvalue weighted by Crippen LogP contribution is -2.39. The van der Waals surface area contributed by atoms with Crippen LogP contribution in [-0.2, 0) is 0 Å². The largest absolute Gasteiger partial charge is 0.496 e. The van der Waals surface area contributed by atoms with Crippen LogP contribution in [0, 0.1) is 0 Å². The maximum absolute atomic E-state index is 13.5. The quantitative estimate of drug-likeness (QED) is 0.412. The number of fused-ring (bicyclic) bond motifs is 1. The minimum Gasteiger partial charge on any atom is -0.496 e. The van der Waals surface area contributed by atoms with Crippen LogP contribution in [0.2, 0.25) is 0 Å². The highest BCUT2D eigenvalue weighted by atomic mass is 19.3. The predicted octanol–water partition coefficient (Wildman–Crippen LogP) is 5.39. The Morgan fingerprint density at radius 2 is 1.71 bits per heavy atom. The molecule has 9 heteroatoms. The zero-order valence-electron chi connectivity index (χ0n) is 19.0. The third-order valence-corrected chi connectivity index (χ3v) is 6.07. The smallest absolute Gasteiger partial charge is 0.251 e. The van der Waals surface area contributed by atoms with Crippen LogP contribution >= 0.6 is 0 Å². The van der Waals surface area contributed by atoms with Crippen molar-refractivity contribution in [3.05, 3.63) is 60.8 Å². The highest BCUT2D eigenvalue weighted by Crippen LogP contribution is 2.35. The molecule has 176 valence electrons. The van der Waals surface area contributed by atoms with Crippen LogP contribution in [0.15, 0.2) is 60.8 Å². The number of aromatic nitrogens is 3. The minimum absolute atomic E-state index is 0.144. The zero-order valence-corrected chi connectivity index (χ0v) is 19.0. The summed E-state index contributed by atoms with van der Waals surface area (Å²) in [5, 5.41) is 7.89. The van der Waals surface area contributed by atoms with E-state index in [9.17, 15) is 8.78 Å². The van der Waals surface area contributed by atoms with Crippen molar-refractivity contribution in [2.75, 3.05) is 37.5 Å². The van der Waals surface area contributed by atoms with Gasteiger partial charge in [0.25, 0.3) is 5.92 Å². The fourth-order valence-electron chi connectivity index (χ4n) is 4.21. The summed E-state index contributed by atoms with van der Waals surface area (Å²) < 4.78 is 39.9. The van der Waals surface area contributed by atoms with Gasteiger partial charge in [-0.3, -0.25) is 0 Å². The number of ether oxygens (including phenoxy) is 2. The topological polar surface area (TPSA) is 63.9 Å². The molecule has 0 saturated carbocycles. The van der Waals surface area contributed by atoms with Gasteiger partial charge in [-0.25, -0.2) is 18.3 Å². The number of benzene rings is 2. The molecule has 0 spiro atoms. The van der Waals surface area contributed by atoms with Gasteiger partial charge in [0.1, 0.15) is 11.5 Å². The Morgan fingerprint density at radius 3 is 2.47 bits per heavy atom. The summed E-state index contributed by atoms with van der Waals surface area (Å²) >= 11 is 0. The third-order valence-electron chi connectivity index (χ3n) is 6.07. The van der Waals surface area contributed by atoms with Crippen LogP contribution in [0.4, 0.5) is 26.1 Å². The van der Waals surface area contributed by atoms with Gasteiger partial charge in [0.15, 0.2) is 0 Å². The van der Waals surface area contributed by atoms with E-state index in [1.807, 2.05) is 64.0 Å². The Bertz CT molecular complexity index is 1310. The van der Waals surface area contributed by atoms with E-state index in [2.05, 4.69) is 15.4 Å². The zero-order chi connectivity index (χ0) is 23.7. The van der Waals surface area contributed by atoms with E-state index < -0.39 is 5.92 Å². The SMILES string of the molecule is COc1cc(N2CCC(F)(F)CC2)ccc1Nc1ncc2ccc(-c3ccccc3OC)n2n1. The molecule has 1 N–H and O–H groups in total. The summed E-state index contributed by atoms with van der Waals surface area (Å²) in [7, 11) is 3.21. The van der Waals surface area contributed by atoms with Crippen molar-refractivity contribution < 1.29 is 18.3 Å². The molecular weight excluding hydrogens is 440 g/mol. The molecule has 1 aliphatic rings. The highest BCUT2D eigenvalue weighted by Gasteiger charge is 2.34. The predicted molar refractivity (Wildman–Crippen MR) is 128 cm³/mol. The number of anilines is 3. The molecular formula is C25H25F2N5O2. The van der Waals surface area contributed by atoms with Gasteiger partial charge in [-0.05, 0) is 36.4 Å². The van der Waals surface area contributed by atoms with Crippen LogP contribution in [0.1, 0.15) is 12.8 Å². The summed E-state index contributed by atoms with van der Waals surface area (Å²) in [4.78, 5) is 6.38. The first-order chi connectivity index (χ1) is 16.5. The number of nitrogens with one attached hydrogen (secondary N) is 1. The summed E-state index contributed by atoms with van der Waals surface area (Å²) in [5.41, 5.74) is 4.17. The van der Waals surface area contributed by atoms with Gasteiger partial charge >= 0.3 is 0 Å². The molecule has 0 amide bonds. The Kier molecular flexibility index (Phi) is 5.69. The van der Waals surface area contributed by atoms with Crippen molar-refractivity contribution >= 4 is 22.8 Å². The van der Waals surface area contributed by atoms with Crippen LogP contribution in [0.3, 0.4) is 0 Å². The second kappa shape index (κ2) is 8.81. The maximum atomic E-state index is 13.5. The Labute approximate surface area is 195 Å². The molecule has 4 aromatic rings. The standard InChI is InChI=1S/C25H25F2N5O2/c1-33-22-6-4-3-5-19(22)21-10-8-18-16-28-24(30-32(18)21)29-20-9-7-17(15-23(20)34-2)31-13-11-25(26,27)12-14-31/h3-10,15-16H,11-14H2,1-2H3,(H,29,30). The van der Waals surface area contributed by atoms with E-state index in [1.54, 1.807) is 20.4 Å². The van der Waals surface area contributed by atoms with Crippen LogP contribution in [0.5, 0.6) is 11.5 Å². The van der Waals surface area contributed by atoms with Gasteiger partial charge in [-0.2, -0.15) is 0 Å². The van der Waals surface area contributed by atoms with Gasteiger partial charge in [0.05, 0.1) is 37.3 Å². The number of piperidine rings is 1. The van der Waals surface area contributed by atoms with Crippen molar-refractivity contribution in [3.63, 3.8) is 0 Å². The van der Waals surface area contributed by atoms with E-state index in [4.69, 9.17) is 9.47 Å². The molecule has 0 radical (unpaired) electrons. The molecule has 0 atom stereocenters. The lowest BCUT2D eigenvalue weighted by molar-refractivity contribution is -0.0220. The first-order valence-corrected chi connectivity index (χ1v) is 11.0. The van der Waals surface area contributed by atoms with Crippen LogP contribution in [0.25, 0.3) is 16.8 Å². The average Bonchev–Trinajstić information content (AvgIpc) is 3.27. The summed E-state index contributed by atoms with van der Waals surface area (Å²) in [5.74, 6) is -0.859. The number of rotatable bonds is 6. The highest BCUT2D eigenvalue weighted by molar-refractivity contribution is 5.72. The van der Waals surface area contributed by atoms with Crippen molar-refractivity contribution in [3.8, 4) is 22.8 Å². The summed E-state index contributed by atoms with van der Waals surface area (Å²) in [6.45, 7) is 0.615.